The van der Waals surface area contributed by atoms with Crippen molar-refractivity contribution in [3.8, 4) is 0 Å². The van der Waals surface area contributed by atoms with Crippen LogP contribution in [-0.2, 0) is 15.0 Å². The van der Waals surface area contributed by atoms with Gasteiger partial charge in [0, 0.05) is 28.4 Å². The summed E-state index contributed by atoms with van der Waals surface area (Å²) < 4.78 is 0. The van der Waals surface area contributed by atoms with Crippen molar-refractivity contribution in [1.29, 1.82) is 0 Å². The van der Waals surface area contributed by atoms with Gasteiger partial charge in [-0.3, -0.25) is 14.9 Å². The Bertz CT molecular complexity index is 1130. The molecule has 0 bridgehead atoms. The summed E-state index contributed by atoms with van der Waals surface area (Å²) in [5.74, 6) is -1.84. The van der Waals surface area contributed by atoms with Gasteiger partial charge in [0.25, 0.3) is 0 Å². The van der Waals surface area contributed by atoms with Crippen LogP contribution in [0.5, 0.6) is 0 Å². The average molecular weight is 474 g/mol. The first-order chi connectivity index (χ1) is 15.1. The highest BCUT2D eigenvalue weighted by molar-refractivity contribution is 6.31. The van der Waals surface area contributed by atoms with Crippen LogP contribution in [0, 0.1) is 5.41 Å². The molecule has 2 aromatic rings. The van der Waals surface area contributed by atoms with Crippen molar-refractivity contribution in [2.24, 2.45) is 5.41 Å². The molecule has 1 amide bonds. The number of rotatable bonds is 2. The molecule has 2 fully saturated rings. The Morgan fingerprint density at radius 3 is 2.50 bits per heavy atom. The predicted molar refractivity (Wildman–Crippen MR) is 123 cm³/mol. The lowest BCUT2D eigenvalue weighted by molar-refractivity contribution is -0.139. The summed E-state index contributed by atoms with van der Waals surface area (Å²) in [4.78, 5) is 30.6. The summed E-state index contributed by atoms with van der Waals surface area (Å²) in [6, 6.07) is 7.88. The first-order valence-corrected chi connectivity index (χ1v) is 11.6. The molecule has 5 rings (SSSR count). The van der Waals surface area contributed by atoms with Crippen molar-refractivity contribution < 1.29 is 14.7 Å². The number of fused-ring (bicyclic) bond motifs is 3. The molecular formula is C24H25Cl2N3O3. The highest BCUT2D eigenvalue weighted by atomic mass is 35.5. The topological polar surface area (TPSA) is 91.3 Å². The summed E-state index contributed by atoms with van der Waals surface area (Å²) in [7, 11) is 0. The molecule has 8 heteroatoms. The highest BCUT2D eigenvalue weighted by Gasteiger charge is 2.72. The van der Waals surface area contributed by atoms with E-state index in [-0.39, 0.29) is 16.5 Å². The molecular weight excluding hydrogens is 449 g/mol. The summed E-state index contributed by atoms with van der Waals surface area (Å²) >= 11 is 12.5. The Labute approximate surface area is 196 Å². The summed E-state index contributed by atoms with van der Waals surface area (Å²) in [5, 5.41) is 17.6. The van der Waals surface area contributed by atoms with Crippen LogP contribution < -0.4 is 10.6 Å². The van der Waals surface area contributed by atoms with Gasteiger partial charge in [0.05, 0.1) is 0 Å². The van der Waals surface area contributed by atoms with E-state index in [1.54, 1.807) is 30.5 Å². The zero-order valence-electron chi connectivity index (χ0n) is 17.9. The van der Waals surface area contributed by atoms with Gasteiger partial charge >= 0.3 is 5.97 Å². The van der Waals surface area contributed by atoms with Crippen LogP contribution in [0.1, 0.15) is 56.6 Å². The first-order valence-electron chi connectivity index (χ1n) is 10.8. The number of pyridine rings is 1. The smallest absolute Gasteiger partial charge is 0.321 e. The second kappa shape index (κ2) is 7.17. The number of carbonyl (C=O) groups is 2. The lowest BCUT2D eigenvalue weighted by Gasteiger charge is -2.50. The van der Waals surface area contributed by atoms with E-state index < -0.39 is 28.9 Å². The molecule has 1 saturated heterocycles. The molecule has 1 saturated carbocycles. The third-order valence-corrected chi connectivity index (χ3v) is 8.27. The average Bonchev–Trinajstić information content (AvgIpc) is 3.18. The minimum Gasteiger partial charge on any atom is -0.480 e. The minimum absolute atomic E-state index is 0.128. The van der Waals surface area contributed by atoms with E-state index in [0.29, 0.717) is 29.1 Å². The molecule has 2 spiro atoms. The SMILES string of the molecule is CC1(C)CCC2(CC1)N[C@@H](C(=O)O)[C@H](c1ccnc(Cl)c1)[C@]21C(=O)Nc2cc(Cl)ccc21. The normalized spacial score (nSPS) is 29.8. The number of hydrogen-bond acceptors (Lipinski definition) is 4. The van der Waals surface area contributed by atoms with Crippen LogP contribution in [0.2, 0.25) is 10.2 Å². The van der Waals surface area contributed by atoms with Crippen LogP contribution in [0.4, 0.5) is 5.69 Å². The van der Waals surface area contributed by atoms with E-state index in [9.17, 15) is 14.7 Å². The maximum absolute atomic E-state index is 14.0. The molecule has 3 N–H and O–H groups in total. The van der Waals surface area contributed by atoms with E-state index in [1.165, 1.54) is 0 Å². The van der Waals surface area contributed by atoms with Crippen molar-refractivity contribution in [3.63, 3.8) is 0 Å². The van der Waals surface area contributed by atoms with Gasteiger partial charge < -0.3 is 10.4 Å². The molecule has 6 nitrogen and oxygen atoms in total. The first kappa shape index (κ1) is 21.7. The molecule has 1 aromatic heterocycles. The van der Waals surface area contributed by atoms with Gasteiger partial charge in [0.1, 0.15) is 16.6 Å². The zero-order valence-corrected chi connectivity index (χ0v) is 19.4. The van der Waals surface area contributed by atoms with Crippen LogP contribution in [0.3, 0.4) is 0 Å². The number of nitrogens with zero attached hydrogens (tertiary/aromatic N) is 1. The van der Waals surface area contributed by atoms with Crippen molar-refractivity contribution in [2.75, 3.05) is 5.32 Å². The number of hydrogen-bond donors (Lipinski definition) is 3. The van der Waals surface area contributed by atoms with Crippen molar-refractivity contribution in [2.45, 2.75) is 62.4 Å². The lowest BCUT2D eigenvalue weighted by Crippen LogP contribution is -2.61. The monoisotopic (exact) mass is 473 g/mol. The fraction of sp³-hybridized carbons (Fsp3) is 0.458. The van der Waals surface area contributed by atoms with E-state index in [1.807, 2.05) is 6.07 Å². The van der Waals surface area contributed by atoms with E-state index in [4.69, 9.17) is 23.2 Å². The summed E-state index contributed by atoms with van der Waals surface area (Å²) in [5.41, 5.74) is 0.421. The number of anilines is 1. The Kier molecular flexibility index (Phi) is 4.86. The number of carbonyl (C=O) groups excluding carboxylic acids is 1. The number of aromatic nitrogens is 1. The van der Waals surface area contributed by atoms with Crippen molar-refractivity contribution >= 4 is 40.8 Å². The van der Waals surface area contributed by atoms with Crippen LogP contribution in [0.25, 0.3) is 0 Å². The van der Waals surface area contributed by atoms with Crippen molar-refractivity contribution in [1.82, 2.24) is 10.3 Å². The van der Waals surface area contributed by atoms with Gasteiger partial charge in [0.2, 0.25) is 5.91 Å². The van der Waals surface area contributed by atoms with Crippen LogP contribution >= 0.6 is 23.2 Å². The van der Waals surface area contributed by atoms with E-state index >= 15 is 0 Å². The Balaban J connectivity index is 1.81. The lowest BCUT2D eigenvalue weighted by atomic mass is 9.53. The van der Waals surface area contributed by atoms with E-state index in [0.717, 1.165) is 18.4 Å². The number of carboxylic acid groups (broad SMARTS) is 1. The Hall–Kier alpha value is -2.15. The Morgan fingerprint density at radius 1 is 1.12 bits per heavy atom. The van der Waals surface area contributed by atoms with Gasteiger partial charge in [0.15, 0.2) is 0 Å². The van der Waals surface area contributed by atoms with Crippen LogP contribution in [-0.4, -0.2) is 33.5 Å². The standard InChI is InChI=1S/C24H25Cl2N3O3/c1-22(2)6-8-23(9-7-22)24(15-4-3-14(25)12-16(15)28-21(24)32)18(19(29-23)20(30)31)13-5-10-27-17(26)11-13/h3-5,10-12,18-19,29H,6-9H2,1-2H3,(H,28,32)(H,30,31)/t18-,19+,24+/m0/s1. The zero-order chi connectivity index (χ0) is 22.9. The third-order valence-electron chi connectivity index (χ3n) is 7.83. The number of benzene rings is 1. The second-order valence-electron chi connectivity index (χ2n) is 10.0. The summed E-state index contributed by atoms with van der Waals surface area (Å²) in [6.07, 6.45) is 4.71. The fourth-order valence-corrected chi connectivity index (χ4v) is 6.64. The third kappa shape index (κ3) is 2.93. The van der Waals surface area contributed by atoms with Gasteiger partial charge in [-0.2, -0.15) is 0 Å². The molecule has 32 heavy (non-hydrogen) atoms. The van der Waals surface area contributed by atoms with Crippen LogP contribution in [0.15, 0.2) is 36.5 Å². The molecule has 1 aromatic carbocycles. The maximum atomic E-state index is 14.0. The molecule has 168 valence electrons. The molecule has 0 radical (unpaired) electrons. The molecule has 3 heterocycles. The Morgan fingerprint density at radius 2 is 1.84 bits per heavy atom. The number of carboxylic acids is 1. The molecule has 2 aliphatic heterocycles. The van der Waals surface area contributed by atoms with Gasteiger partial charge in [-0.25, -0.2) is 4.98 Å². The number of amides is 1. The largest absolute Gasteiger partial charge is 0.480 e. The predicted octanol–water partition coefficient (Wildman–Crippen LogP) is 4.76. The molecule has 0 unspecified atom stereocenters. The second-order valence-corrected chi connectivity index (χ2v) is 10.9. The van der Waals surface area contributed by atoms with Gasteiger partial charge in [-0.15, -0.1) is 0 Å². The van der Waals surface area contributed by atoms with Gasteiger partial charge in [-0.1, -0.05) is 43.1 Å². The highest BCUT2D eigenvalue weighted by Crippen LogP contribution is 2.63. The maximum Gasteiger partial charge on any atom is 0.321 e. The quantitative estimate of drug-likeness (QED) is 0.546. The van der Waals surface area contributed by atoms with E-state index in [2.05, 4.69) is 29.5 Å². The van der Waals surface area contributed by atoms with Crippen molar-refractivity contribution in [3.05, 3.63) is 57.8 Å². The number of aliphatic carboxylic acids is 1. The minimum atomic E-state index is -1.11. The van der Waals surface area contributed by atoms with Gasteiger partial charge in [-0.05, 0) is 66.5 Å². The molecule has 3 aliphatic rings. The molecule has 3 atom stereocenters. The number of nitrogens with one attached hydrogen (secondary N) is 2. The number of halogens is 2. The summed E-state index contributed by atoms with van der Waals surface area (Å²) in [6.45, 7) is 4.44. The molecule has 1 aliphatic carbocycles. The fourth-order valence-electron chi connectivity index (χ4n) is 6.28.